The number of morpholine rings is 1. The Balaban J connectivity index is 1.85. The minimum absolute atomic E-state index is 0.423. The van der Waals surface area contributed by atoms with Gasteiger partial charge in [-0.15, -0.1) is 0 Å². The number of nitriles is 1. The molecule has 8 nitrogen and oxygen atoms in total. The number of hydrogen-bond donors (Lipinski definition) is 0. The highest BCUT2D eigenvalue weighted by molar-refractivity contribution is 6.05. The van der Waals surface area contributed by atoms with Gasteiger partial charge in [-0.1, -0.05) is 12.1 Å². The zero-order valence-corrected chi connectivity index (χ0v) is 18.8. The number of hydrogen-bond acceptors (Lipinski definition) is 7. The first kappa shape index (κ1) is 20.9. The summed E-state index contributed by atoms with van der Waals surface area (Å²) in [5.74, 6) is 0.301. The van der Waals surface area contributed by atoms with Crippen LogP contribution in [0.4, 0.5) is 5.69 Å². The molecule has 5 rings (SSSR count). The summed E-state index contributed by atoms with van der Waals surface area (Å²) >= 11 is 0. The minimum Gasteiger partial charge on any atom is -0.465 e. The average Bonchev–Trinajstić information content (AvgIpc) is 3.18. The highest BCUT2D eigenvalue weighted by atomic mass is 16.5. The lowest BCUT2D eigenvalue weighted by molar-refractivity contribution is 0.0603. The zero-order chi connectivity index (χ0) is 23.1. The van der Waals surface area contributed by atoms with Gasteiger partial charge in [-0.3, -0.25) is 9.55 Å². The van der Waals surface area contributed by atoms with E-state index in [-0.39, 0.29) is 0 Å². The SMILES string of the molecule is COC(=O)c1cc(N2CCOCC2)cc2c1nc(C)n2-c1c(C)cnc2c(C#N)cccc12. The quantitative estimate of drug-likeness (QED) is 0.448. The van der Waals surface area contributed by atoms with Crippen molar-refractivity contribution in [1.82, 2.24) is 14.5 Å². The van der Waals surface area contributed by atoms with Crippen LogP contribution in [0.15, 0.2) is 36.5 Å². The monoisotopic (exact) mass is 441 g/mol. The van der Waals surface area contributed by atoms with Gasteiger partial charge in [0.1, 0.15) is 17.4 Å². The van der Waals surface area contributed by atoms with E-state index in [0.29, 0.717) is 35.4 Å². The first-order valence-corrected chi connectivity index (χ1v) is 10.8. The molecule has 0 radical (unpaired) electrons. The molecule has 1 fully saturated rings. The van der Waals surface area contributed by atoms with Gasteiger partial charge in [0.25, 0.3) is 0 Å². The van der Waals surface area contributed by atoms with Gasteiger partial charge in [-0.2, -0.15) is 5.26 Å². The standard InChI is InChI=1S/C25H23N5O3/c1-15-14-27-22-17(13-26)5-4-6-19(22)24(15)30-16(2)28-23-20(25(31)32-3)11-18(12-21(23)30)29-7-9-33-10-8-29/h4-6,11-12,14H,7-10H2,1-3H3. The van der Waals surface area contributed by atoms with E-state index >= 15 is 0 Å². The summed E-state index contributed by atoms with van der Waals surface area (Å²) < 4.78 is 12.6. The van der Waals surface area contributed by atoms with Crippen molar-refractivity contribution in [1.29, 1.82) is 5.26 Å². The van der Waals surface area contributed by atoms with Crippen molar-refractivity contribution in [2.45, 2.75) is 13.8 Å². The fourth-order valence-corrected chi connectivity index (χ4v) is 4.53. The Bertz CT molecular complexity index is 1440. The summed E-state index contributed by atoms with van der Waals surface area (Å²) in [6.45, 7) is 6.64. The number of methoxy groups -OCH3 is 1. The largest absolute Gasteiger partial charge is 0.465 e. The molecule has 0 spiro atoms. The van der Waals surface area contributed by atoms with Crippen LogP contribution in [0.25, 0.3) is 27.6 Å². The van der Waals surface area contributed by atoms with Crippen molar-refractivity contribution in [3.05, 3.63) is 59.0 Å². The third kappa shape index (κ3) is 3.38. The van der Waals surface area contributed by atoms with Crippen molar-refractivity contribution in [3.63, 3.8) is 0 Å². The molecule has 2 aromatic heterocycles. The summed E-state index contributed by atoms with van der Waals surface area (Å²) in [5.41, 5.74) is 5.71. The highest BCUT2D eigenvalue weighted by Gasteiger charge is 2.23. The van der Waals surface area contributed by atoms with Crippen molar-refractivity contribution >= 4 is 33.6 Å². The molecule has 0 aliphatic carbocycles. The number of nitrogens with zero attached hydrogens (tertiary/aromatic N) is 5. The van der Waals surface area contributed by atoms with Crippen LogP contribution in [0, 0.1) is 25.2 Å². The molecule has 0 N–H and O–H groups in total. The third-order valence-electron chi connectivity index (χ3n) is 6.09. The van der Waals surface area contributed by atoms with Crippen LogP contribution in [0.2, 0.25) is 0 Å². The number of benzene rings is 2. The second-order valence-corrected chi connectivity index (χ2v) is 8.05. The number of imidazole rings is 1. The van der Waals surface area contributed by atoms with Crippen molar-refractivity contribution in [2.75, 3.05) is 38.3 Å². The Morgan fingerprint density at radius 2 is 1.97 bits per heavy atom. The van der Waals surface area contributed by atoms with Crippen molar-refractivity contribution < 1.29 is 14.3 Å². The van der Waals surface area contributed by atoms with Crippen molar-refractivity contribution in [3.8, 4) is 11.8 Å². The van der Waals surface area contributed by atoms with Gasteiger partial charge in [0.15, 0.2) is 0 Å². The zero-order valence-electron chi connectivity index (χ0n) is 18.8. The smallest absolute Gasteiger partial charge is 0.340 e. The molecule has 0 amide bonds. The second-order valence-electron chi connectivity index (χ2n) is 8.05. The van der Waals surface area contributed by atoms with Crippen LogP contribution in [-0.2, 0) is 9.47 Å². The number of fused-ring (bicyclic) bond motifs is 2. The summed E-state index contributed by atoms with van der Waals surface area (Å²) in [4.78, 5) is 24.2. The summed E-state index contributed by atoms with van der Waals surface area (Å²) in [7, 11) is 1.38. The Morgan fingerprint density at radius 1 is 1.18 bits per heavy atom. The van der Waals surface area contributed by atoms with Gasteiger partial charge in [0.2, 0.25) is 0 Å². The maximum Gasteiger partial charge on any atom is 0.340 e. The van der Waals surface area contributed by atoms with Crippen LogP contribution in [0.3, 0.4) is 0 Å². The number of esters is 1. The van der Waals surface area contributed by atoms with E-state index in [9.17, 15) is 10.1 Å². The lowest BCUT2D eigenvalue weighted by Crippen LogP contribution is -2.36. The van der Waals surface area contributed by atoms with E-state index in [1.165, 1.54) is 7.11 Å². The number of ether oxygens (including phenoxy) is 2. The molecule has 0 atom stereocenters. The van der Waals surface area contributed by atoms with Crippen LogP contribution in [-0.4, -0.2) is 53.9 Å². The topological polar surface area (TPSA) is 93.3 Å². The molecule has 0 bridgehead atoms. The van der Waals surface area contributed by atoms with E-state index in [1.54, 1.807) is 12.3 Å². The summed E-state index contributed by atoms with van der Waals surface area (Å²) in [5, 5.41) is 10.4. The molecule has 4 aromatic rings. The molecule has 1 aliphatic heterocycles. The Hall–Kier alpha value is -3.96. The number of aryl methyl sites for hydroxylation is 2. The van der Waals surface area contributed by atoms with Gasteiger partial charge in [-0.25, -0.2) is 9.78 Å². The minimum atomic E-state index is -0.428. The predicted octanol–water partition coefficient (Wildman–Crippen LogP) is 3.69. The molecule has 2 aromatic carbocycles. The fraction of sp³-hybridized carbons (Fsp3) is 0.280. The molecular formula is C25H23N5O3. The fourth-order valence-electron chi connectivity index (χ4n) is 4.53. The van der Waals surface area contributed by atoms with Gasteiger partial charge >= 0.3 is 5.97 Å². The number of carbonyl (C=O) groups is 1. The molecule has 3 heterocycles. The number of carbonyl (C=O) groups excluding carboxylic acids is 1. The van der Waals surface area contributed by atoms with Crippen LogP contribution in [0.1, 0.15) is 27.3 Å². The summed E-state index contributed by atoms with van der Waals surface area (Å²) in [6, 6.07) is 11.7. The average molecular weight is 441 g/mol. The van der Waals surface area contributed by atoms with E-state index in [1.807, 2.05) is 36.6 Å². The van der Waals surface area contributed by atoms with E-state index in [4.69, 9.17) is 14.5 Å². The predicted molar refractivity (Wildman–Crippen MR) is 125 cm³/mol. The molecule has 8 heteroatoms. The number of anilines is 1. The number of pyridine rings is 1. The third-order valence-corrected chi connectivity index (χ3v) is 6.09. The van der Waals surface area contributed by atoms with Crippen molar-refractivity contribution in [2.24, 2.45) is 0 Å². The Morgan fingerprint density at radius 3 is 2.70 bits per heavy atom. The molecule has 0 saturated carbocycles. The maximum absolute atomic E-state index is 12.7. The first-order valence-electron chi connectivity index (χ1n) is 10.8. The molecule has 1 saturated heterocycles. The maximum atomic E-state index is 12.7. The van der Waals surface area contributed by atoms with E-state index in [0.717, 1.165) is 46.8 Å². The van der Waals surface area contributed by atoms with Crippen LogP contribution < -0.4 is 4.90 Å². The number of rotatable bonds is 3. The lowest BCUT2D eigenvalue weighted by Gasteiger charge is -2.29. The number of aromatic nitrogens is 3. The van der Waals surface area contributed by atoms with Gasteiger partial charge in [0, 0.05) is 30.4 Å². The highest BCUT2D eigenvalue weighted by Crippen LogP contribution is 2.34. The van der Waals surface area contributed by atoms with E-state index in [2.05, 4.69) is 22.0 Å². The Kier molecular flexibility index (Phi) is 5.19. The Labute approximate surface area is 191 Å². The molecule has 1 aliphatic rings. The normalized spacial score (nSPS) is 13.9. The second kappa shape index (κ2) is 8.19. The first-order chi connectivity index (χ1) is 16.0. The van der Waals surface area contributed by atoms with Gasteiger partial charge < -0.3 is 14.4 Å². The molecule has 166 valence electrons. The van der Waals surface area contributed by atoms with Crippen LogP contribution >= 0.6 is 0 Å². The summed E-state index contributed by atoms with van der Waals surface area (Å²) in [6.07, 6.45) is 1.77. The van der Waals surface area contributed by atoms with Gasteiger partial charge in [-0.05, 0) is 37.6 Å². The van der Waals surface area contributed by atoms with Crippen LogP contribution in [0.5, 0.6) is 0 Å². The molecule has 0 unspecified atom stereocenters. The number of para-hydroxylation sites is 1. The lowest BCUT2D eigenvalue weighted by atomic mass is 10.1. The molecular weight excluding hydrogens is 418 g/mol. The van der Waals surface area contributed by atoms with E-state index < -0.39 is 5.97 Å². The van der Waals surface area contributed by atoms with Gasteiger partial charge in [0.05, 0.1) is 48.2 Å². The molecule has 33 heavy (non-hydrogen) atoms.